The average Bonchev–Trinajstić information content (AvgIpc) is 2.69. The van der Waals surface area contributed by atoms with Crippen LogP contribution in [-0.2, 0) is 16.0 Å². The molecule has 4 nitrogen and oxygen atoms in total. The number of thiocarbonyl (C=S) groups is 1. The highest BCUT2D eigenvalue weighted by atomic mass is 32.1. The Morgan fingerprint density at radius 1 is 1.19 bits per heavy atom. The minimum Gasteiger partial charge on any atom is -0.469 e. The third-order valence-corrected chi connectivity index (χ3v) is 4.51. The van der Waals surface area contributed by atoms with E-state index in [1.807, 2.05) is 18.2 Å². The van der Waals surface area contributed by atoms with E-state index in [2.05, 4.69) is 34.4 Å². The van der Waals surface area contributed by atoms with Gasteiger partial charge >= 0.3 is 5.97 Å². The van der Waals surface area contributed by atoms with Crippen molar-refractivity contribution in [3.05, 3.63) is 71.0 Å². The fourth-order valence-corrected chi connectivity index (χ4v) is 2.93. The normalized spacial score (nSPS) is 11.5. The molecule has 2 aromatic rings. The molecular formula is C21H25FN2O2S. The van der Waals surface area contributed by atoms with E-state index in [-0.39, 0.29) is 17.8 Å². The number of benzene rings is 2. The second-order valence-electron chi connectivity index (χ2n) is 6.16. The van der Waals surface area contributed by atoms with Crippen molar-refractivity contribution in [1.29, 1.82) is 0 Å². The van der Waals surface area contributed by atoms with E-state index in [1.165, 1.54) is 24.8 Å². The molecule has 0 aromatic heterocycles. The van der Waals surface area contributed by atoms with Crippen molar-refractivity contribution in [2.45, 2.75) is 32.2 Å². The predicted octanol–water partition coefficient (Wildman–Crippen LogP) is 3.89. The van der Waals surface area contributed by atoms with E-state index in [9.17, 15) is 9.18 Å². The van der Waals surface area contributed by atoms with Crippen LogP contribution in [0.5, 0.6) is 0 Å². The molecule has 0 radical (unpaired) electrons. The Kier molecular flexibility index (Phi) is 8.20. The molecule has 0 bridgehead atoms. The van der Waals surface area contributed by atoms with Gasteiger partial charge in [0.25, 0.3) is 0 Å². The van der Waals surface area contributed by atoms with Crippen LogP contribution in [-0.4, -0.2) is 24.7 Å². The average molecular weight is 389 g/mol. The van der Waals surface area contributed by atoms with Crippen LogP contribution in [0.25, 0.3) is 0 Å². The van der Waals surface area contributed by atoms with Gasteiger partial charge in [-0.25, -0.2) is 4.39 Å². The molecule has 0 saturated heterocycles. The Bertz CT molecular complexity index is 765. The first-order valence-corrected chi connectivity index (χ1v) is 9.39. The van der Waals surface area contributed by atoms with Crippen LogP contribution in [0, 0.1) is 5.82 Å². The SMILES string of the molecule is CCc1ccc([C@@H](NC(=S)NCCCC(=O)OC)c2cccc(F)c2)cc1. The zero-order valence-corrected chi connectivity index (χ0v) is 16.4. The minimum absolute atomic E-state index is 0.246. The van der Waals surface area contributed by atoms with E-state index in [0.29, 0.717) is 24.5 Å². The van der Waals surface area contributed by atoms with Crippen molar-refractivity contribution in [2.24, 2.45) is 0 Å². The minimum atomic E-state index is -0.290. The Morgan fingerprint density at radius 2 is 1.93 bits per heavy atom. The molecule has 2 aromatic carbocycles. The summed E-state index contributed by atoms with van der Waals surface area (Å²) in [5.74, 6) is -0.536. The second-order valence-corrected chi connectivity index (χ2v) is 6.57. The molecule has 2 N–H and O–H groups in total. The zero-order valence-electron chi connectivity index (χ0n) is 15.6. The summed E-state index contributed by atoms with van der Waals surface area (Å²) in [4.78, 5) is 11.2. The molecule has 0 unspecified atom stereocenters. The van der Waals surface area contributed by atoms with Gasteiger partial charge in [0.1, 0.15) is 5.82 Å². The summed E-state index contributed by atoms with van der Waals surface area (Å²) < 4.78 is 18.4. The molecule has 144 valence electrons. The van der Waals surface area contributed by atoms with Gasteiger partial charge in [-0.1, -0.05) is 43.3 Å². The Hall–Kier alpha value is -2.47. The lowest BCUT2D eigenvalue weighted by molar-refractivity contribution is -0.140. The molecule has 6 heteroatoms. The highest BCUT2D eigenvalue weighted by Crippen LogP contribution is 2.23. The van der Waals surface area contributed by atoms with E-state index < -0.39 is 0 Å². The number of hydrogen-bond donors (Lipinski definition) is 2. The summed E-state index contributed by atoms with van der Waals surface area (Å²) in [7, 11) is 1.37. The van der Waals surface area contributed by atoms with Crippen LogP contribution in [0.3, 0.4) is 0 Å². The molecule has 2 rings (SSSR count). The first kappa shape index (κ1) is 20.8. The number of methoxy groups -OCH3 is 1. The van der Waals surface area contributed by atoms with E-state index in [0.717, 1.165) is 17.5 Å². The first-order valence-electron chi connectivity index (χ1n) is 8.99. The molecule has 0 heterocycles. The number of nitrogens with one attached hydrogen (secondary N) is 2. The molecule has 0 fully saturated rings. The number of hydrogen-bond acceptors (Lipinski definition) is 3. The summed E-state index contributed by atoms with van der Waals surface area (Å²) >= 11 is 5.39. The van der Waals surface area contributed by atoms with Crippen LogP contribution in [0.15, 0.2) is 48.5 Å². The van der Waals surface area contributed by atoms with Crippen molar-refractivity contribution in [1.82, 2.24) is 10.6 Å². The third kappa shape index (κ3) is 6.64. The molecule has 0 aliphatic rings. The van der Waals surface area contributed by atoms with Crippen molar-refractivity contribution in [3.8, 4) is 0 Å². The lowest BCUT2D eigenvalue weighted by atomic mass is 9.97. The zero-order chi connectivity index (χ0) is 19.6. The molecule has 27 heavy (non-hydrogen) atoms. The topological polar surface area (TPSA) is 50.4 Å². The summed E-state index contributed by atoms with van der Waals surface area (Å²) in [6.07, 6.45) is 1.90. The van der Waals surface area contributed by atoms with E-state index in [4.69, 9.17) is 12.2 Å². The highest BCUT2D eigenvalue weighted by Gasteiger charge is 2.16. The van der Waals surface area contributed by atoms with Gasteiger partial charge in [0.15, 0.2) is 5.11 Å². The lowest BCUT2D eigenvalue weighted by Gasteiger charge is -2.22. The van der Waals surface area contributed by atoms with Crippen LogP contribution >= 0.6 is 12.2 Å². The quantitative estimate of drug-likeness (QED) is 0.408. The van der Waals surface area contributed by atoms with Crippen LogP contribution in [0.4, 0.5) is 4.39 Å². The molecule has 0 spiro atoms. The van der Waals surface area contributed by atoms with Crippen LogP contribution in [0.2, 0.25) is 0 Å². The fourth-order valence-electron chi connectivity index (χ4n) is 2.71. The van der Waals surface area contributed by atoms with Crippen LogP contribution < -0.4 is 10.6 Å². The van der Waals surface area contributed by atoms with E-state index >= 15 is 0 Å². The van der Waals surface area contributed by atoms with Gasteiger partial charge in [-0.2, -0.15) is 0 Å². The maximum atomic E-state index is 13.7. The van der Waals surface area contributed by atoms with Gasteiger partial charge in [0.05, 0.1) is 13.2 Å². The first-order chi connectivity index (χ1) is 13.0. The van der Waals surface area contributed by atoms with Gasteiger partial charge in [0.2, 0.25) is 0 Å². The highest BCUT2D eigenvalue weighted by molar-refractivity contribution is 7.80. The van der Waals surface area contributed by atoms with Gasteiger partial charge in [-0.05, 0) is 53.9 Å². The smallest absolute Gasteiger partial charge is 0.305 e. The largest absolute Gasteiger partial charge is 0.469 e. The number of halogens is 1. The maximum absolute atomic E-state index is 13.7. The van der Waals surface area contributed by atoms with Crippen molar-refractivity contribution in [3.63, 3.8) is 0 Å². The van der Waals surface area contributed by atoms with Gasteiger partial charge < -0.3 is 15.4 Å². The summed E-state index contributed by atoms with van der Waals surface area (Å²) in [5, 5.41) is 6.79. The van der Waals surface area contributed by atoms with Gasteiger partial charge in [0, 0.05) is 13.0 Å². The number of ether oxygens (including phenoxy) is 1. The lowest BCUT2D eigenvalue weighted by Crippen LogP contribution is -2.38. The molecule has 0 aliphatic heterocycles. The van der Waals surface area contributed by atoms with Gasteiger partial charge in [-0.15, -0.1) is 0 Å². The van der Waals surface area contributed by atoms with E-state index in [1.54, 1.807) is 6.07 Å². The Morgan fingerprint density at radius 3 is 2.56 bits per heavy atom. The maximum Gasteiger partial charge on any atom is 0.305 e. The van der Waals surface area contributed by atoms with Gasteiger partial charge in [-0.3, -0.25) is 4.79 Å². The van der Waals surface area contributed by atoms with Crippen LogP contribution in [0.1, 0.15) is 42.5 Å². The van der Waals surface area contributed by atoms with Crippen molar-refractivity contribution < 1.29 is 13.9 Å². The summed E-state index contributed by atoms with van der Waals surface area (Å²) in [6.45, 7) is 2.65. The molecule has 0 amide bonds. The number of rotatable bonds is 8. The standard InChI is InChI=1S/C21H25FN2O2S/c1-3-15-9-11-16(12-10-15)20(17-6-4-7-18(22)14-17)24-21(27)23-13-5-8-19(25)26-2/h4,6-7,9-12,14,20H,3,5,8,13H2,1-2H3,(H2,23,24,27)/t20-/m1/s1. The predicted molar refractivity (Wildman–Crippen MR) is 109 cm³/mol. The monoisotopic (exact) mass is 388 g/mol. The summed E-state index contributed by atoms with van der Waals surface area (Å²) in [6, 6.07) is 14.4. The fraction of sp³-hybridized carbons (Fsp3) is 0.333. The number of carbonyl (C=O) groups excluding carboxylic acids is 1. The molecule has 0 aliphatic carbocycles. The summed E-state index contributed by atoms with van der Waals surface area (Å²) in [5.41, 5.74) is 3.02. The van der Waals surface area contributed by atoms with Crippen molar-refractivity contribution >= 4 is 23.3 Å². The number of esters is 1. The number of aryl methyl sites for hydroxylation is 1. The molecular weight excluding hydrogens is 363 g/mol. The Labute approximate surface area is 165 Å². The number of carbonyl (C=O) groups is 1. The third-order valence-electron chi connectivity index (χ3n) is 4.25. The second kappa shape index (κ2) is 10.6. The molecule has 0 saturated carbocycles. The molecule has 1 atom stereocenters. The van der Waals surface area contributed by atoms with Crippen molar-refractivity contribution in [2.75, 3.05) is 13.7 Å². The Balaban J connectivity index is 2.08.